The van der Waals surface area contributed by atoms with Crippen LogP contribution in [-0.4, -0.2) is 40.5 Å². The first-order chi connectivity index (χ1) is 6.90. The highest BCUT2D eigenvalue weighted by Gasteiger charge is 2.48. The highest BCUT2D eigenvalue weighted by atomic mass is 16.4. The highest BCUT2D eigenvalue weighted by molar-refractivity contribution is 5.89. The normalized spacial score (nSPS) is 19.4. The van der Waals surface area contributed by atoms with Crippen molar-refractivity contribution in [2.75, 3.05) is 13.1 Å². The molecular formula is C10H18N2O3. The summed E-state index contributed by atoms with van der Waals surface area (Å²) in [6.45, 7) is 4.17. The van der Waals surface area contributed by atoms with Gasteiger partial charge in [0.15, 0.2) is 0 Å². The van der Waals surface area contributed by atoms with Crippen LogP contribution in [0.1, 0.15) is 26.7 Å². The second kappa shape index (κ2) is 4.18. The average Bonchev–Trinajstić information content (AvgIpc) is 2.92. The predicted octanol–water partition coefficient (Wildman–Crippen LogP) is 0.0469. The smallest absolute Gasteiger partial charge is 0.308 e. The van der Waals surface area contributed by atoms with E-state index in [-0.39, 0.29) is 12.5 Å². The lowest BCUT2D eigenvalue weighted by atomic mass is 10.1. The van der Waals surface area contributed by atoms with Crippen LogP contribution in [0.4, 0.5) is 0 Å². The van der Waals surface area contributed by atoms with E-state index < -0.39 is 17.4 Å². The maximum atomic E-state index is 11.8. The molecule has 1 unspecified atom stereocenters. The van der Waals surface area contributed by atoms with Crippen molar-refractivity contribution < 1.29 is 14.7 Å². The fourth-order valence-electron chi connectivity index (χ4n) is 1.43. The van der Waals surface area contributed by atoms with Crippen LogP contribution < -0.4 is 5.73 Å². The zero-order valence-corrected chi connectivity index (χ0v) is 9.19. The van der Waals surface area contributed by atoms with Crippen molar-refractivity contribution in [3.05, 3.63) is 0 Å². The van der Waals surface area contributed by atoms with E-state index in [1.807, 2.05) is 6.92 Å². The van der Waals surface area contributed by atoms with Gasteiger partial charge in [-0.25, -0.2) is 0 Å². The molecule has 0 radical (unpaired) electrons. The zero-order chi connectivity index (χ0) is 11.6. The quantitative estimate of drug-likeness (QED) is 0.677. The summed E-state index contributed by atoms with van der Waals surface area (Å²) < 4.78 is 0. The second-order valence-electron chi connectivity index (χ2n) is 4.24. The molecule has 3 N–H and O–H groups in total. The van der Waals surface area contributed by atoms with Crippen LogP contribution in [0, 0.1) is 5.92 Å². The molecule has 0 aromatic rings. The lowest BCUT2D eigenvalue weighted by Gasteiger charge is -2.25. The molecule has 5 heteroatoms. The molecule has 0 aromatic carbocycles. The molecule has 0 saturated heterocycles. The third kappa shape index (κ3) is 2.68. The van der Waals surface area contributed by atoms with E-state index in [1.165, 1.54) is 4.90 Å². The molecule has 86 valence electrons. The third-order valence-corrected chi connectivity index (χ3v) is 2.80. The minimum Gasteiger partial charge on any atom is -0.481 e. The summed E-state index contributed by atoms with van der Waals surface area (Å²) in [5.74, 6) is -1.54. The van der Waals surface area contributed by atoms with Gasteiger partial charge >= 0.3 is 5.97 Å². The first-order valence-electron chi connectivity index (χ1n) is 5.22. The van der Waals surface area contributed by atoms with Gasteiger partial charge in [0.2, 0.25) is 5.91 Å². The zero-order valence-electron chi connectivity index (χ0n) is 9.19. The van der Waals surface area contributed by atoms with Gasteiger partial charge in [-0.2, -0.15) is 0 Å². The van der Waals surface area contributed by atoms with Crippen molar-refractivity contribution in [3.63, 3.8) is 0 Å². The predicted molar refractivity (Wildman–Crippen MR) is 55.2 cm³/mol. The Kier molecular flexibility index (Phi) is 3.34. The SMILES string of the molecule is CCN(CC(C)C(=O)O)C(=O)C1(N)CC1. The van der Waals surface area contributed by atoms with Crippen LogP contribution in [0.2, 0.25) is 0 Å². The molecule has 1 fully saturated rings. The topological polar surface area (TPSA) is 83.6 Å². The van der Waals surface area contributed by atoms with E-state index in [2.05, 4.69) is 0 Å². The van der Waals surface area contributed by atoms with Gasteiger partial charge in [-0.05, 0) is 19.8 Å². The van der Waals surface area contributed by atoms with Gasteiger partial charge in [-0.3, -0.25) is 9.59 Å². The summed E-state index contributed by atoms with van der Waals surface area (Å²) in [6.07, 6.45) is 1.42. The maximum Gasteiger partial charge on any atom is 0.308 e. The average molecular weight is 214 g/mol. The van der Waals surface area contributed by atoms with Crippen molar-refractivity contribution in [2.24, 2.45) is 11.7 Å². The number of amides is 1. The number of nitrogens with zero attached hydrogens (tertiary/aromatic N) is 1. The summed E-state index contributed by atoms with van der Waals surface area (Å²) in [5.41, 5.74) is 5.08. The van der Waals surface area contributed by atoms with E-state index in [0.717, 1.165) is 0 Å². The Morgan fingerprint density at radius 2 is 2.07 bits per heavy atom. The molecule has 1 amide bonds. The van der Waals surface area contributed by atoms with Gasteiger partial charge in [0, 0.05) is 13.1 Å². The fourth-order valence-corrected chi connectivity index (χ4v) is 1.43. The van der Waals surface area contributed by atoms with E-state index in [9.17, 15) is 9.59 Å². The molecule has 0 spiro atoms. The Morgan fingerprint density at radius 3 is 2.40 bits per heavy atom. The number of hydrogen-bond donors (Lipinski definition) is 2. The molecule has 0 aliphatic heterocycles. The summed E-state index contributed by atoms with van der Waals surface area (Å²) in [6, 6.07) is 0. The molecule has 0 bridgehead atoms. The number of nitrogens with two attached hydrogens (primary N) is 1. The molecular weight excluding hydrogens is 196 g/mol. The number of aliphatic carboxylic acids is 1. The molecule has 0 heterocycles. The summed E-state index contributed by atoms with van der Waals surface area (Å²) in [4.78, 5) is 24.0. The van der Waals surface area contributed by atoms with Crippen LogP contribution in [0.25, 0.3) is 0 Å². The minimum absolute atomic E-state index is 0.113. The molecule has 1 aliphatic carbocycles. The van der Waals surface area contributed by atoms with Crippen molar-refractivity contribution >= 4 is 11.9 Å². The van der Waals surface area contributed by atoms with Gasteiger partial charge in [-0.1, -0.05) is 6.92 Å². The van der Waals surface area contributed by atoms with Crippen molar-refractivity contribution in [3.8, 4) is 0 Å². The molecule has 1 saturated carbocycles. The van der Waals surface area contributed by atoms with Gasteiger partial charge in [0.05, 0.1) is 11.5 Å². The number of likely N-dealkylation sites (N-methyl/N-ethyl adjacent to an activating group) is 1. The molecule has 1 aliphatic rings. The van der Waals surface area contributed by atoms with E-state index >= 15 is 0 Å². The summed E-state index contributed by atoms with van der Waals surface area (Å²) in [7, 11) is 0. The first kappa shape index (κ1) is 12.0. The van der Waals surface area contributed by atoms with Gasteiger partial charge in [0.25, 0.3) is 0 Å². The number of carboxylic acid groups (broad SMARTS) is 1. The van der Waals surface area contributed by atoms with Gasteiger partial charge < -0.3 is 15.7 Å². The number of rotatable bonds is 5. The largest absolute Gasteiger partial charge is 0.481 e. The third-order valence-electron chi connectivity index (χ3n) is 2.80. The number of hydrogen-bond acceptors (Lipinski definition) is 3. The van der Waals surface area contributed by atoms with Crippen molar-refractivity contribution in [1.82, 2.24) is 4.90 Å². The standard InChI is InChI=1S/C10H18N2O3/c1-3-12(6-7(2)8(13)14)9(15)10(11)4-5-10/h7H,3-6,11H2,1-2H3,(H,13,14). The van der Waals surface area contributed by atoms with Crippen LogP contribution in [-0.2, 0) is 9.59 Å². The maximum absolute atomic E-state index is 11.8. The van der Waals surface area contributed by atoms with Crippen LogP contribution in [0.15, 0.2) is 0 Å². The Hall–Kier alpha value is -1.10. The summed E-state index contributed by atoms with van der Waals surface area (Å²) >= 11 is 0. The fraction of sp³-hybridized carbons (Fsp3) is 0.800. The minimum atomic E-state index is -0.886. The Labute approximate surface area is 89.2 Å². The second-order valence-corrected chi connectivity index (χ2v) is 4.24. The number of carbonyl (C=O) groups is 2. The van der Waals surface area contributed by atoms with E-state index in [1.54, 1.807) is 6.92 Å². The summed E-state index contributed by atoms with van der Waals surface area (Å²) in [5, 5.41) is 8.76. The molecule has 0 aromatic heterocycles. The van der Waals surface area contributed by atoms with Crippen LogP contribution >= 0.6 is 0 Å². The molecule has 1 rings (SSSR count). The number of carboxylic acids is 1. The van der Waals surface area contributed by atoms with E-state index in [0.29, 0.717) is 19.4 Å². The lowest BCUT2D eigenvalue weighted by Crippen LogP contribution is -2.47. The molecule has 15 heavy (non-hydrogen) atoms. The van der Waals surface area contributed by atoms with E-state index in [4.69, 9.17) is 10.8 Å². The van der Waals surface area contributed by atoms with Gasteiger partial charge in [-0.15, -0.1) is 0 Å². The highest BCUT2D eigenvalue weighted by Crippen LogP contribution is 2.34. The number of carbonyl (C=O) groups excluding carboxylic acids is 1. The van der Waals surface area contributed by atoms with Crippen LogP contribution in [0.3, 0.4) is 0 Å². The van der Waals surface area contributed by atoms with Crippen molar-refractivity contribution in [1.29, 1.82) is 0 Å². The van der Waals surface area contributed by atoms with Crippen molar-refractivity contribution in [2.45, 2.75) is 32.2 Å². The van der Waals surface area contributed by atoms with Gasteiger partial charge in [0.1, 0.15) is 0 Å². The first-order valence-corrected chi connectivity index (χ1v) is 5.22. The Bertz CT molecular complexity index is 274. The Morgan fingerprint density at radius 1 is 1.53 bits per heavy atom. The lowest BCUT2D eigenvalue weighted by molar-refractivity contribution is -0.143. The monoisotopic (exact) mass is 214 g/mol. The molecule has 1 atom stereocenters. The Balaban J connectivity index is 2.56. The molecule has 5 nitrogen and oxygen atoms in total. The van der Waals surface area contributed by atoms with Crippen LogP contribution in [0.5, 0.6) is 0 Å².